The van der Waals surface area contributed by atoms with E-state index in [2.05, 4.69) is 5.32 Å². The van der Waals surface area contributed by atoms with Crippen molar-refractivity contribution >= 4 is 0 Å². The highest BCUT2D eigenvalue weighted by atomic mass is 19.1. The molecule has 1 atom stereocenters. The molecule has 0 aromatic heterocycles. The Balaban J connectivity index is 2.42. The Kier molecular flexibility index (Phi) is 3.27. The number of nitrogens with one attached hydrogen (secondary N) is 1. The van der Waals surface area contributed by atoms with Crippen LogP contribution in [0.25, 0.3) is 0 Å². The van der Waals surface area contributed by atoms with Gasteiger partial charge in [0.05, 0.1) is 6.67 Å². The van der Waals surface area contributed by atoms with Gasteiger partial charge < -0.3 is 11.1 Å². The summed E-state index contributed by atoms with van der Waals surface area (Å²) in [6.45, 7) is 2.22. The highest BCUT2D eigenvalue weighted by Gasteiger charge is 2.30. The third-order valence-corrected chi connectivity index (χ3v) is 2.52. The van der Waals surface area contributed by atoms with E-state index in [1.54, 1.807) is 0 Å². The molecule has 1 aliphatic heterocycles. The molecule has 2 nitrogen and oxygen atoms in total. The van der Waals surface area contributed by atoms with E-state index in [4.69, 9.17) is 5.73 Å². The van der Waals surface area contributed by atoms with Crippen molar-refractivity contribution in [1.82, 2.24) is 5.32 Å². The van der Waals surface area contributed by atoms with Crippen LogP contribution >= 0.6 is 0 Å². The average molecular weight is 160 g/mol. The van der Waals surface area contributed by atoms with Crippen molar-refractivity contribution in [3.8, 4) is 0 Å². The summed E-state index contributed by atoms with van der Waals surface area (Å²) in [5, 5.41) is 3.22. The summed E-state index contributed by atoms with van der Waals surface area (Å²) < 4.78 is 12.6. The van der Waals surface area contributed by atoms with Crippen LogP contribution in [0.15, 0.2) is 0 Å². The monoisotopic (exact) mass is 160 g/mol. The predicted octanol–water partition coefficient (Wildman–Crippen LogP) is 0.675. The van der Waals surface area contributed by atoms with Crippen LogP contribution in [0.5, 0.6) is 0 Å². The van der Waals surface area contributed by atoms with Gasteiger partial charge in [-0.1, -0.05) is 0 Å². The van der Waals surface area contributed by atoms with Crippen molar-refractivity contribution in [3.63, 3.8) is 0 Å². The highest BCUT2D eigenvalue weighted by Crippen LogP contribution is 2.29. The minimum absolute atomic E-state index is 0.132. The second kappa shape index (κ2) is 4.02. The quantitative estimate of drug-likeness (QED) is 0.637. The van der Waals surface area contributed by atoms with Gasteiger partial charge in [-0.05, 0) is 32.4 Å². The van der Waals surface area contributed by atoms with E-state index in [9.17, 15) is 4.39 Å². The smallest absolute Gasteiger partial charge is 0.0963 e. The van der Waals surface area contributed by atoms with Crippen LogP contribution < -0.4 is 11.1 Å². The zero-order valence-electron chi connectivity index (χ0n) is 6.91. The van der Waals surface area contributed by atoms with E-state index in [0.29, 0.717) is 6.54 Å². The standard InChI is InChI=1S/C8H17FN2/c9-6-8(3-4-10)2-1-5-11-7-8/h11H,1-7,10H2. The molecule has 0 radical (unpaired) electrons. The van der Waals surface area contributed by atoms with Crippen molar-refractivity contribution in [1.29, 1.82) is 0 Å². The minimum Gasteiger partial charge on any atom is -0.330 e. The third-order valence-electron chi connectivity index (χ3n) is 2.52. The molecule has 1 saturated heterocycles. The maximum Gasteiger partial charge on any atom is 0.0963 e. The van der Waals surface area contributed by atoms with Crippen molar-refractivity contribution in [2.24, 2.45) is 11.1 Å². The summed E-state index contributed by atoms with van der Waals surface area (Å²) in [6.07, 6.45) is 2.90. The fourth-order valence-corrected chi connectivity index (χ4v) is 1.73. The molecule has 66 valence electrons. The van der Waals surface area contributed by atoms with E-state index in [-0.39, 0.29) is 12.1 Å². The Labute approximate surface area is 67.3 Å². The number of hydrogen-bond acceptors (Lipinski definition) is 2. The first-order valence-corrected chi connectivity index (χ1v) is 4.30. The first kappa shape index (κ1) is 8.94. The van der Waals surface area contributed by atoms with Gasteiger partial charge in [0.1, 0.15) is 0 Å². The molecule has 0 aliphatic carbocycles. The van der Waals surface area contributed by atoms with E-state index < -0.39 is 0 Å². The second-order valence-electron chi connectivity index (χ2n) is 3.45. The Hall–Kier alpha value is -0.150. The molecular formula is C8H17FN2. The molecular weight excluding hydrogens is 143 g/mol. The minimum atomic E-state index is -0.225. The van der Waals surface area contributed by atoms with Crippen LogP contribution in [-0.4, -0.2) is 26.3 Å². The molecule has 0 bridgehead atoms. The number of hydrogen-bond donors (Lipinski definition) is 2. The molecule has 1 fully saturated rings. The molecule has 0 spiro atoms. The Morgan fingerprint density at radius 3 is 2.82 bits per heavy atom. The molecule has 11 heavy (non-hydrogen) atoms. The normalized spacial score (nSPS) is 32.2. The SMILES string of the molecule is NCCC1(CF)CCCNC1. The van der Waals surface area contributed by atoms with Gasteiger partial charge in [0, 0.05) is 12.0 Å². The number of piperidine rings is 1. The number of alkyl halides is 1. The summed E-state index contributed by atoms with van der Waals surface area (Å²) in [7, 11) is 0. The lowest BCUT2D eigenvalue weighted by Crippen LogP contribution is -2.42. The summed E-state index contributed by atoms with van der Waals surface area (Å²) in [5.41, 5.74) is 5.29. The van der Waals surface area contributed by atoms with Crippen LogP contribution in [0.3, 0.4) is 0 Å². The largest absolute Gasteiger partial charge is 0.330 e. The molecule has 0 amide bonds. The maximum atomic E-state index is 12.6. The van der Waals surface area contributed by atoms with Crippen molar-refractivity contribution in [3.05, 3.63) is 0 Å². The average Bonchev–Trinajstić information content (AvgIpc) is 2.07. The number of nitrogens with two attached hydrogens (primary N) is 1. The van der Waals surface area contributed by atoms with Gasteiger partial charge in [0.15, 0.2) is 0 Å². The fraction of sp³-hybridized carbons (Fsp3) is 1.00. The third kappa shape index (κ3) is 2.14. The Morgan fingerprint density at radius 1 is 1.55 bits per heavy atom. The van der Waals surface area contributed by atoms with Crippen LogP contribution in [0.2, 0.25) is 0 Å². The predicted molar refractivity (Wildman–Crippen MR) is 44.2 cm³/mol. The highest BCUT2D eigenvalue weighted by molar-refractivity contribution is 4.85. The molecule has 1 unspecified atom stereocenters. The summed E-state index contributed by atoms with van der Waals surface area (Å²) >= 11 is 0. The number of halogens is 1. The molecule has 3 N–H and O–H groups in total. The van der Waals surface area contributed by atoms with Crippen LogP contribution in [-0.2, 0) is 0 Å². The molecule has 0 saturated carbocycles. The van der Waals surface area contributed by atoms with Gasteiger partial charge in [0.25, 0.3) is 0 Å². The van der Waals surface area contributed by atoms with Crippen LogP contribution in [0, 0.1) is 5.41 Å². The second-order valence-corrected chi connectivity index (χ2v) is 3.45. The Morgan fingerprint density at radius 2 is 2.36 bits per heavy atom. The van der Waals surface area contributed by atoms with Gasteiger partial charge in [-0.25, -0.2) is 0 Å². The topological polar surface area (TPSA) is 38.0 Å². The first-order chi connectivity index (χ1) is 5.33. The van der Waals surface area contributed by atoms with Crippen molar-refractivity contribution < 1.29 is 4.39 Å². The van der Waals surface area contributed by atoms with E-state index in [0.717, 1.165) is 32.4 Å². The fourth-order valence-electron chi connectivity index (χ4n) is 1.73. The Bertz CT molecular complexity index is 105. The van der Waals surface area contributed by atoms with E-state index >= 15 is 0 Å². The molecule has 1 heterocycles. The van der Waals surface area contributed by atoms with E-state index in [1.807, 2.05) is 0 Å². The van der Waals surface area contributed by atoms with Crippen LogP contribution in [0.4, 0.5) is 4.39 Å². The molecule has 1 rings (SSSR count). The molecule has 1 aliphatic rings. The van der Waals surface area contributed by atoms with Gasteiger partial charge in [-0.3, -0.25) is 4.39 Å². The van der Waals surface area contributed by atoms with Crippen LogP contribution in [0.1, 0.15) is 19.3 Å². The van der Waals surface area contributed by atoms with Gasteiger partial charge >= 0.3 is 0 Å². The van der Waals surface area contributed by atoms with Gasteiger partial charge in [-0.2, -0.15) is 0 Å². The summed E-state index contributed by atoms with van der Waals surface area (Å²) in [4.78, 5) is 0. The van der Waals surface area contributed by atoms with Gasteiger partial charge in [0.2, 0.25) is 0 Å². The summed E-state index contributed by atoms with van der Waals surface area (Å²) in [6, 6.07) is 0. The van der Waals surface area contributed by atoms with Crippen molar-refractivity contribution in [2.45, 2.75) is 19.3 Å². The molecule has 3 heteroatoms. The zero-order chi connectivity index (χ0) is 8.16. The molecule has 0 aromatic carbocycles. The van der Waals surface area contributed by atoms with E-state index in [1.165, 1.54) is 0 Å². The lowest BCUT2D eigenvalue weighted by atomic mass is 9.79. The lowest BCUT2D eigenvalue weighted by Gasteiger charge is -2.34. The maximum absolute atomic E-state index is 12.6. The van der Waals surface area contributed by atoms with Crippen molar-refractivity contribution in [2.75, 3.05) is 26.3 Å². The lowest BCUT2D eigenvalue weighted by molar-refractivity contribution is 0.144. The zero-order valence-corrected chi connectivity index (χ0v) is 6.91. The van der Waals surface area contributed by atoms with Gasteiger partial charge in [-0.15, -0.1) is 0 Å². The number of rotatable bonds is 3. The summed E-state index contributed by atoms with van der Waals surface area (Å²) in [5.74, 6) is 0. The first-order valence-electron chi connectivity index (χ1n) is 4.30. The molecule has 0 aromatic rings.